The summed E-state index contributed by atoms with van der Waals surface area (Å²) in [4.78, 5) is 54.5. The molecule has 12 nitrogen and oxygen atoms in total. The van der Waals surface area contributed by atoms with Gasteiger partial charge in [-0.3, -0.25) is 30.9 Å². The number of benzene rings is 1. The second-order valence-corrected chi connectivity index (χ2v) is 7.52. The Balaban J connectivity index is 1.34. The second kappa shape index (κ2) is 11.4. The highest BCUT2D eigenvalue weighted by molar-refractivity contribution is 7.14. The van der Waals surface area contributed by atoms with Gasteiger partial charge >= 0.3 is 12.1 Å². The molecule has 166 valence electrons. The van der Waals surface area contributed by atoms with E-state index in [0.29, 0.717) is 21.8 Å². The Hall–Kier alpha value is -4.04. The van der Waals surface area contributed by atoms with Gasteiger partial charge in [0.2, 0.25) is 0 Å². The summed E-state index contributed by atoms with van der Waals surface area (Å²) in [5.74, 6) is -0.598. The summed E-state index contributed by atoms with van der Waals surface area (Å²) in [6.45, 7) is -0.774. The molecule has 0 spiro atoms. The van der Waals surface area contributed by atoms with Crippen LogP contribution in [0.15, 0.2) is 47.4 Å². The highest BCUT2D eigenvalue weighted by atomic mass is 32.1. The Morgan fingerprint density at radius 1 is 0.719 bits per heavy atom. The molecule has 4 N–H and O–H groups in total. The molecule has 3 aromatic rings. The molecule has 1 aromatic carbocycles. The van der Waals surface area contributed by atoms with Gasteiger partial charge in [0.1, 0.15) is 11.5 Å². The predicted molar refractivity (Wildman–Crippen MR) is 116 cm³/mol. The predicted octanol–water partition coefficient (Wildman–Crippen LogP) is 2.05. The lowest BCUT2D eigenvalue weighted by molar-refractivity contribution is -0.122. The Morgan fingerprint density at radius 3 is 1.47 bits per heavy atom. The zero-order valence-corrected chi connectivity index (χ0v) is 17.8. The van der Waals surface area contributed by atoms with Gasteiger partial charge in [0.15, 0.2) is 23.5 Å². The third kappa shape index (κ3) is 7.66. The van der Waals surface area contributed by atoms with Gasteiger partial charge in [-0.05, 0) is 24.3 Å². The van der Waals surface area contributed by atoms with E-state index in [1.807, 2.05) is 0 Å². The molecular formula is C18H16N6O6S2. The average molecular weight is 476 g/mol. The second-order valence-electron chi connectivity index (χ2n) is 5.73. The van der Waals surface area contributed by atoms with Gasteiger partial charge in [0.05, 0.1) is 0 Å². The van der Waals surface area contributed by atoms with Crippen LogP contribution in [0.5, 0.6) is 11.5 Å². The van der Waals surface area contributed by atoms with E-state index in [0.717, 1.165) is 0 Å². The van der Waals surface area contributed by atoms with E-state index >= 15 is 0 Å². The maximum Gasteiger partial charge on any atom is 0.327 e. The Labute approximate surface area is 189 Å². The number of thiazole rings is 2. The van der Waals surface area contributed by atoms with E-state index in [4.69, 9.17) is 9.47 Å². The number of hydrogen-bond acceptors (Lipinski definition) is 10. The first-order valence-corrected chi connectivity index (χ1v) is 10.6. The van der Waals surface area contributed by atoms with Gasteiger partial charge in [-0.1, -0.05) is 0 Å². The Morgan fingerprint density at radius 2 is 1.12 bits per heavy atom. The Kier molecular flexibility index (Phi) is 8.05. The lowest BCUT2D eigenvalue weighted by Crippen LogP contribution is -2.37. The molecule has 14 heteroatoms. The fraction of sp³-hybridized carbons (Fsp3) is 0.111. The molecule has 0 aliphatic rings. The van der Waals surface area contributed by atoms with Gasteiger partial charge in [-0.2, -0.15) is 0 Å². The largest absolute Gasteiger partial charge is 0.484 e. The quantitative estimate of drug-likeness (QED) is 0.384. The molecule has 0 radical (unpaired) electrons. The SMILES string of the molecule is O=C(COc1ccc(OCC(=O)NC(=O)Nc2nccs2)cc1)NC(=O)Nc1nccs1. The van der Waals surface area contributed by atoms with E-state index in [1.165, 1.54) is 59.3 Å². The number of rotatable bonds is 8. The highest BCUT2D eigenvalue weighted by Gasteiger charge is 2.11. The van der Waals surface area contributed by atoms with Gasteiger partial charge in [-0.25, -0.2) is 19.6 Å². The summed E-state index contributed by atoms with van der Waals surface area (Å²) in [6, 6.07) is 4.65. The summed E-state index contributed by atoms with van der Waals surface area (Å²) in [5, 5.41) is 13.1. The number of hydrogen-bond donors (Lipinski definition) is 4. The van der Waals surface area contributed by atoms with E-state index in [2.05, 4.69) is 31.2 Å². The number of anilines is 2. The van der Waals surface area contributed by atoms with Crippen LogP contribution >= 0.6 is 22.7 Å². The molecule has 0 fully saturated rings. The lowest BCUT2D eigenvalue weighted by atomic mass is 10.3. The van der Waals surface area contributed by atoms with E-state index < -0.39 is 23.9 Å². The van der Waals surface area contributed by atoms with Crippen molar-refractivity contribution in [2.24, 2.45) is 0 Å². The third-order valence-electron chi connectivity index (χ3n) is 3.38. The summed E-state index contributed by atoms with van der Waals surface area (Å²) in [5.41, 5.74) is 0. The molecule has 0 atom stereocenters. The zero-order valence-electron chi connectivity index (χ0n) is 16.2. The number of urea groups is 2. The van der Waals surface area contributed by atoms with Crippen LogP contribution in [0.4, 0.5) is 19.9 Å². The summed E-state index contributed by atoms with van der Waals surface area (Å²) >= 11 is 2.43. The van der Waals surface area contributed by atoms with Crippen LogP contribution in [0, 0.1) is 0 Å². The van der Waals surface area contributed by atoms with Crippen molar-refractivity contribution >= 4 is 56.8 Å². The highest BCUT2D eigenvalue weighted by Crippen LogP contribution is 2.17. The first-order chi connectivity index (χ1) is 15.5. The molecular weight excluding hydrogens is 460 g/mol. The van der Waals surface area contributed by atoms with Crippen molar-refractivity contribution < 1.29 is 28.7 Å². The van der Waals surface area contributed by atoms with Crippen LogP contribution in [0.25, 0.3) is 0 Å². The standard InChI is InChI=1S/C18H16N6O6S2/c25-13(21-15(27)23-17-19-5-7-31-17)9-29-11-1-2-12(4-3-11)30-10-14(26)22-16(28)24-18-20-6-8-32-18/h1-8H,9-10H2,(H2,19,21,23,25,27)(H2,20,22,24,26,28). The molecule has 6 amide bonds. The number of ether oxygens (including phenoxy) is 2. The van der Waals surface area contributed by atoms with Crippen LogP contribution in [0.2, 0.25) is 0 Å². The smallest absolute Gasteiger partial charge is 0.327 e. The van der Waals surface area contributed by atoms with Crippen LogP contribution in [-0.2, 0) is 9.59 Å². The summed E-state index contributed by atoms with van der Waals surface area (Å²) in [7, 11) is 0. The number of imide groups is 2. The molecule has 32 heavy (non-hydrogen) atoms. The molecule has 0 saturated carbocycles. The normalized spacial score (nSPS) is 10.0. The maximum absolute atomic E-state index is 11.8. The molecule has 0 aliphatic heterocycles. The van der Waals surface area contributed by atoms with Gasteiger partial charge < -0.3 is 9.47 Å². The van der Waals surface area contributed by atoms with Crippen LogP contribution in [0.1, 0.15) is 0 Å². The van der Waals surface area contributed by atoms with Crippen molar-refractivity contribution in [3.8, 4) is 11.5 Å². The van der Waals surface area contributed by atoms with E-state index in [1.54, 1.807) is 10.8 Å². The monoisotopic (exact) mass is 476 g/mol. The number of amides is 6. The zero-order chi connectivity index (χ0) is 22.8. The van der Waals surface area contributed by atoms with Crippen molar-refractivity contribution in [3.63, 3.8) is 0 Å². The average Bonchev–Trinajstić information content (AvgIpc) is 3.45. The maximum atomic E-state index is 11.8. The fourth-order valence-electron chi connectivity index (χ4n) is 2.08. The fourth-order valence-corrected chi connectivity index (χ4v) is 3.13. The molecule has 0 aliphatic carbocycles. The minimum atomic E-state index is -0.712. The molecule has 0 saturated heterocycles. The Bertz CT molecular complexity index is 971. The summed E-state index contributed by atoms with van der Waals surface area (Å²) < 4.78 is 10.6. The van der Waals surface area contributed by atoms with Crippen LogP contribution < -0.4 is 30.7 Å². The van der Waals surface area contributed by atoms with Crippen LogP contribution in [0.3, 0.4) is 0 Å². The minimum Gasteiger partial charge on any atom is -0.484 e. The van der Waals surface area contributed by atoms with Gasteiger partial charge in [0, 0.05) is 23.2 Å². The first-order valence-electron chi connectivity index (χ1n) is 8.84. The van der Waals surface area contributed by atoms with E-state index in [9.17, 15) is 19.2 Å². The number of carbonyl (C=O) groups is 4. The van der Waals surface area contributed by atoms with Crippen molar-refractivity contribution in [2.45, 2.75) is 0 Å². The molecule has 3 rings (SSSR count). The van der Waals surface area contributed by atoms with Crippen LogP contribution in [-0.4, -0.2) is 47.1 Å². The number of aromatic nitrogens is 2. The minimum absolute atomic E-state index is 0.347. The number of carbonyl (C=O) groups excluding carboxylic acids is 4. The first kappa shape index (κ1) is 22.6. The van der Waals surface area contributed by atoms with E-state index in [-0.39, 0.29) is 13.2 Å². The van der Waals surface area contributed by atoms with Gasteiger partial charge in [-0.15, -0.1) is 22.7 Å². The number of nitrogens with one attached hydrogen (secondary N) is 4. The summed E-state index contributed by atoms with van der Waals surface area (Å²) in [6.07, 6.45) is 3.04. The molecule has 0 unspecified atom stereocenters. The van der Waals surface area contributed by atoms with Gasteiger partial charge in [0.25, 0.3) is 11.8 Å². The number of nitrogens with zero attached hydrogens (tertiary/aromatic N) is 2. The van der Waals surface area contributed by atoms with Crippen molar-refractivity contribution in [2.75, 3.05) is 23.8 Å². The van der Waals surface area contributed by atoms with Crippen molar-refractivity contribution in [1.29, 1.82) is 0 Å². The third-order valence-corrected chi connectivity index (χ3v) is 4.75. The molecule has 2 aromatic heterocycles. The molecule has 0 bridgehead atoms. The van der Waals surface area contributed by atoms with Crippen molar-refractivity contribution in [1.82, 2.24) is 20.6 Å². The topological polar surface area (TPSA) is 161 Å². The lowest BCUT2D eigenvalue weighted by Gasteiger charge is -2.09. The van der Waals surface area contributed by atoms with Crippen molar-refractivity contribution in [3.05, 3.63) is 47.4 Å². The molecule has 2 heterocycles.